The third-order valence-corrected chi connectivity index (χ3v) is 5.16. The summed E-state index contributed by atoms with van der Waals surface area (Å²) in [5.74, 6) is 0. The zero-order valence-electron chi connectivity index (χ0n) is 10.3. The van der Waals surface area contributed by atoms with Gasteiger partial charge >= 0.3 is 0 Å². The number of nitrogens with one attached hydrogen (secondary N) is 1. The highest BCUT2D eigenvalue weighted by molar-refractivity contribution is 7.56. The molecule has 0 saturated carbocycles. The van der Waals surface area contributed by atoms with Gasteiger partial charge < -0.3 is 0 Å². The number of benzene rings is 1. The Morgan fingerprint density at radius 3 is 2.00 bits per heavy atom. The van der Waals surface area contributed by atoms with Crippen molar-refractivity contribution < 1.29 is 4.57 Å². The van der Waals surface area contributed by atoms with Gasteiger partial charge in [-0.1, -0.05) is 30.3 Å². The molecular formula is C11H20N3OP. The van der Waals surface area contributed by atoms with Crippen molar-refractivity contribution in [2.24, 2.45) is 0 Å². The summed E-state index contributed by atoms with van der Waals surface area (Å²) < 4.78 is 16.0. The van der Waals surface area contributed by atoms with E-state index in [1.54, 1.807) is 9.34 Å². The molecule has 0 saturated heterocycles. The summed E-state index contributed by atoms with van der Waals surface area (Å²) in [6.45, 7) is 0.606. The molecule has 5 heteroatoms. The Morgan fingerprint density at radius 2 is 1.56 bits per heavy atom. The second kappa shape index (κ2) is 5.60. The molecule has 0 amide bonds. The quantitative estimate of drug-likeness (QED) is 0.800. The lowest BCUT2D eigenvalue weighted by molar-refractivity contribution is 0.432. The summed E-state index contributed by atoms with van der Waals surface area (Å²) in [7, 11) is 4.66. The normalized spacial score (nSPS) is 12.4. The van der Waals surface area contributed by atoms with Gasteiger partial charge in [0.1, 0.15) is 0 Å². The van der Waals surface area contributed by atoms with E-state index in [1.165, 1.54) is 0 Å². The number of hydrogen-bond acceptors (Lipinski definition) is 1. The van der Waals surface area contributed by atoms with Gasteiger partial charge in [0.05, 0.1) is 0 Å². The van der Waals surface area contributed by atoms with Crippen LogP contribution in [0.25, 0.3) is 0 Å². The SMILES string of the molecule is CN(C)P(=O)(NCc1ccccc1)N(C)C. The zero-order chi connectivity index (χ0) is 12.2. The van der Waals surface area contributed by atoms with Crippen molar-refractivity contribution >= 4 is 7.59 Å². The van der Waals surface area contributed by atoms with Crippen molar-refractivity contribution in [2.75, 3.05) is 28.2 Å². The Balaban J connectivity index is 2.69. The van der Waals surface area contributed by atoms with E-state index in [4.69, 9.17) is 0 Å². The van der Waals surface area contributed by atoms with E-state index in [2.05, 4.69) is 5.09 Å². The van der Waals surface area contributed by atoms with Gasteiger partial charge in [-0.15, -0.1) is 0 Å². The molecule has 1 N–H and O–H groups in total. The smallest absolute Gasteiger partial charge is 0.271 e. The molecule has 1 aromatic rings. The first-order valence-corrected chi connectivity index (χ1v) is 6.83. The molecule has 0 radical (unpaired) electrons. The van der Waals surface area contributed by atoms with Crippen molar-refractivity contribution in [1.29, 1.82) is 0 Å². The maximum Gasteiger partial charge on any atom is 0.283 e. The van der Waals surface area contributed by atoms with Crippen LogP contribution in [0.3, 0.4) is 0 Å². The minimum absolute atomic E-state index is 0.606. The summed E-state index contributed by atoms with van der Waals surface area (Å²) in [5.41, 5.74) is 1.13. The summed E-state index contributed by atoms with van der Waals surface area (Å²) >= 11 is 0. The number of nitrogens with zero attached hydrogens (tertiary/aromatic N) is 2. The maximum absolute atomic E-state index is 12.5. The van der Waals surface area contributed by atoms with Crippen LogP contribution in [0, 0.1) is 0 Å². The predicted molar refractivity (Wildman–Crippen MR) is 68.3 cm³/mol. The van der Waals surface area contributed by atoms with Crippen molar-refractivity contribution in [1.82, 2.24) is 14.4 Å². The van der Waals surface area contributed by atoms with Crippen LogP contribution >= 0.6 is 7.59 Å². The molecule has 90 valence electrons. The molecule has 0 aromatic heterocycles. The van der Waals surface area contributed by atoms with Gasteiger partial charge in [0, 0.05) is 6.54 Å². The van der Waals surface area contributed by atoms with E-state index in [9.17, 15) is 4.57 Å². The van der Waals surface area contributed by atoms with E-state index in [0.29, 0.717) is 6.54 Å². The Morgan fingerprint density at radius 1 is 1.06 bits per heavy atom. The van der Waals surface area contributed by atoms with Crippen LogP contribution in [0.2, 0.25) is 0 Å². The van der Waals surface area contributed by atoms with Crippen LogP contribution in [0.4, 0.5) is 0 Å². The highest BCUT2D eigenvalue weighted by Crippen LogP contribution is 2.44. The van der Waals surface area contributed by atoms with Gasteiger partial charge in [-0.05, 0) is 33.8 Å². The minimum Gasteiger partial charge on any atom is -0.271 e. The van der Waals surface area contributed by atoms with Gasteiger partial charge in [0.2, 0.25) is 0 Å². The van der Waals surface area contributed by atoms with Crippen LogP contribution in [-0.2, 0) is 11.1 Å². The molecule has 0 bridgehead atoms. The fourth-order valence-electron chi connectivity index (χ4n) is 1.43. The fraction of sp³-hybridized carbons (Fsp3) is 0.455. The lowest BCUT2D eigenvalue weighted by Crippen LogP contribution is -2.30. The lowest BCUT2D eigenvalue weighted by Gasteiger charge is -2.30. The second-order valence-corrected chi connectivity index (χ2v) is 7.06. The van der Waals surface area contributed by atoms with Crippen molar-refractivity contribution in [3.8, 4) is 0 Å². The highest BCUT2D eigenvalue weighted by atomic mass is 31.2. The largest absolute Gasteiger partial charge is 0.283 e. The third-order valence-electron chi connectivity index (χ3n) is 2.42. The van der Waals surface area contributed by atoms with Crippen LogP contribution in [0.1, 0.15) is 5.56 Å². The van der Waals surface area contributed by atoms with Crippen molar-refractivity contribution in [2.45, 2.75) is 6.54 Å². The van der Waals surface area contributed by atoms with Gasteiger partial charge in [0.25, 0.3) is 7.59 Å². The van der Waals surface area contributed by atoms with Gasteiger partial charge in [-0.25, -0.2) is 14.4 Å². The summed E-state index contributed by atoms with van der Waals surface area (Å²) in [6, 6.07) is 9.97. The molecule has 0 unspecified atom stereocenters. The molecule has 0 fully saturated rings. The average Bonchev–Trinajstić information content (AvgIpc) is 2.26. The molecule has 0 spiro atoms. The standard InChI is InChI=1S/C11H20N3OP/c1-13(2)16(15,14(3)4)12-10-11-8-6-5-7-9-11/h5-9H,10H2,1-4H3,(H,12,15). The molecule has 1 rings (SSSR count). The molecule has 0 atom stereocenters. The summed E-state index contributed by atoms with van der Waals surface area (Å²) in [4.78, 5) is 0. The van der Waals surface area contributed by atoms with Crippen molar-refractivity contribution in [3.05, 3.63) is 35.9 Å². The Kier molecular flexibility index (Phi) is 4.69. The van der Waals surface area contributed by atoms with E-state index < -0.39 is 7.59 Å². The van der Waals surface area contributed by atoms with Crippen LogP contribution in [0.5, 0.6) is 0 Å². The lowest BCUT2D eigenvalue weighted by atomic mass is 10.2. The van der Waals surface area contributed by atoms with Gasteiger partial charge in [-0.3, -0.25) is 4.57 Å². The van der Waals surface area contributed by atoms with Crippen molar-refractivity contribution in [3.63, 3.8) is 0 Å². The van der Waals surface area contributed by atoms with E-state index in [0.717, 1.165) is 5.56 Å². The fourth-order valence-corrected chi connectivity index (χ4v) is 3.10. The first-order valence-electron chi connectivity index (χ1n) is 5.21. The van der Waals surface area contributed by atoms with E-state index in [-0.39, 0.29) is 0 Å². The number of hydrogen-bond donors (Lipinski definition) is 1. The van der Waals surface area contributed by atoms with E-state index >= 15 is 0 Å². The second-order valence-electron chi connectivity index (χ2n) is 4.06. The number of rotatable bonds is 5. The molecular weight excluding hydrogens is 221 g/mol. The monoisotopic (exact) mass is 241 g/mol. The molecule has 16 heavy (non-hydrogen) atoms. The Labute approximate surface area is 97.8 Å². The molecule has 0 aliphatic heterocycles. The highest BCUT2D eigenvalue weighted by Gasteiger charge is 2.26. The maximum atomic E-state index is 12.5. The zero-order valence-corrected chi connectivity index (χ0v) is 11.2. The third kappa shape index (κ3) is 3.16. The first kappa shape index (κ1) is 13.4. The average molecular weight is 241 g/mol. The van der Waals surface area contributed by atoms with E-state index in [1.807, 2.05) is 58.5 Å². The Bertz CT molecular complexity index is 353. The molecule has 0 heterocycles. The van der Waals surface area contributed by atoms with Gasteiger partial charge in [0.15, 0.2) is 0 Å². The van der Waals surface area contributed by atoms with Crippen LogP contribution in [0.15, 0.2) is 30.3 Å². The minimum atomic E-state index is -2.61. The molecule has 0 aliphatic carbocycles. The first-order chi connectivity index (χ1) is 7.47. The molecule has 0 aliphatic rings. The van der Waals surface area contributed by atoms with Crippen LogP contribution < -0.4 is 5.09 Å². The van der Waals surface area contributed by atoms with Gasteiger partial charge in [-0.2, -0.15) is 0 Å². The molecule has 1 aromatic carbocycles. The predicted octanol–water partition coefficient (Wildman–Crippen LogP) is 2.01. The summed E-state index contributed by atoms with van der Waals surface area (Å²) in [5, 5.41) is 3.12. The summed E-state index contributed by atoms with van der Waals surface area (Å²) in [6.07, 6.45) is 0. The Hall–Kier alpha value is -0.670. The van der Waals surface area contributed by atoms with Crippen LogP contribution in [-0.4, -0.2) is 37.5 Å². The topological polar surface area (TPSA) is 35.6 Å². The molecule has 4 nitrogen and oxygen atoms in total.